The minimum Gasteiger partial charge on any atom is -0.466 e. The lowest BCUT2D eigenvalue weighted by Gasteiger charge is -2.33. The molecule has 2 rings (SSSR count). The first-order valence-electron chi connectivity index (χ1n) is 15.6. The number of aliphatic hydroxyl groups is 1. The van der Waals surface area contributed by atoms with E-state index in [4.69, 9.17) is 14.2 Å². The molecule has 1 aliphatic heterocycles. The second-order valence-electron chi connectivity index (χ2n) is 11.6. The number of aliphatic hydroxyl groups excluding tert-OH is 1. The van der Waals surface area contributed by atoms with Crippen LogP contribution in [-0.4, -0.2) is 42.8 Å². The van der Waals surface area contributed by atoms with Gasteiger partial charge >= 0.3 is 5.97 Å². The highest BCUT2D eigenvalue weighted by Gasteiger charge is 2.51. The molecule has 1 spiro atoms. The van der Waals surface area contributed by atoms with Gasteiger partial charge in [0.05, 0.1) is 25.9 Å². The Balaban J connectivity index is 1.61. The summed E-state index contributed by atoms with van der Waals surface area (Å²) in [5, 5.41) is 10.7. The Morgan fingerprint density at radius 1 is 0.889 bits per heavy atom. The maximum atomic E-state index is 12.0. The molecule has 36 heavy (non-hydrogen) atoms. The molecule has 0 unspecified atom stereocenters. The minimum absolute atomic E-state index is 0.0298. The number of ether oxygens (including phenoxy) is 3. The third-order valence-corrected chi connectivity index (χ3v) is 8.68. The van der Waals surface area contributed by atoms with Crippen molar-refractivity contribution in [3.8, 4) is 0 Å². The molecule has 0 bridgehead atoms. The Kier molecular flexibility index (Phi) is 16.3. The average Bonchev–Trinajstić information content (AvgIpc) is 3.49. The summed E-state index contributed by atoms with van der Waals surface area (Å²) >= 11 is 0. The molecular weight excluding hydrogens is 452 g/mol. The first-order valence-corrected chi connectivity index (χ1v) is 15.6. The predicted molar refractivity (Wildman–Crippen MR) is 147 cm³/mol. The highest BCUT2D eigenvalue weighted by atomic mass is 16.7. The van der Waals surface area contributed by atoms with E-state index in [1.807, 2.05) is 0 Å². The molecule has 1 saturated carbocycles. The molecule has 5 nitrogen and oxygen atoms in total. The molecule has 1 N–H and O–H groups in total. The number of hydrogen-bond donors (Lipinski definition) is 1. The summed E-state index contributed by atoms with van der Waals surface area (Å²) in [4.78, 5) is 12.0. The van der Waals surface area contributed by atoms with Gasteiger partial charge in [0.1, 0.15) is 0 Å². The summed E-state index contributed by atoms with van der Waals surface area (Å²) in [5.41, 5.74) is 0. The molecule has 4 atom stereocenters. The molecule has 0 amide bonds. The number of carbonyl (C=O) groups excluding carboxylic acids is 1. The third kappa shape index (κ3) is 11.4. The van der Waals surface area contributed by atoms with E-state index >= 15 is 0 Å². The average molecular weight is 511 g/mol. The molecule has 0 aromatic rings. The van der Waals surface area contributed by atoms with Crippen LogP contribution in [0.5, 0.6) is 0 Å². The molecule has 1 heterocycles. The molecule has 1 aliphatic carbocycles. The van der Waals surface area contributed by atoms with E-state index in [1.54, 1.807) is 0 Å². The van der Waals surface area contributed by atoms with E-state index < -0.39 is 0 Å². The van der Waals surface area contributed by atoms with Crippen molar-refractivity contribution < 1.29 is 24.1 Å². The van der Waals surface area contributed by atoms with Crippen molar-refractivity contribution in [2.45, 2.75) is 155 Å². The van der Waals surface area contributed by atoms with Gasteiger partial charge in [0.15, 0.2) is 5.79 Å². The van der Waals surface area contributed by atoms with Gasteiger partial charge in [-0.3, -0.25) is 4.79 Å². The molecule has 1 saturated heterocycles. The van der Waals surface area contributed by atoms with Gasteiger partial charge in [0.2, 0.25) is 0 Å². The van der Waals surface area contributed by atoms with Gasteiger partial charge in [-0.05, 0) is 56.8 Å². The Labute approximate surface area is 222 Å². The lowest BCUT2D eigenvalue weighted by molar-refractivity contribution is -0.188. The zero-order valence-corrected chi connectivity index (χ0v) is 23.9. The van der Waals surface area contributed by atoms with Crippen LogP contribution in [0.25, 0.3) is 0 Å². The SMILES string of the molecule is CCCCCCCCOC(=O)CCCCCC[C@@H]1[C@@H](CC[C@H](O)[C@@H](C)CCCC)CCC12OCCO2. The minimum atomic E-state index is -0.371. The zero-order chi connectivity index (χ0) is 26.1. The lowest BCUT2D eigenvalue weighted by Crippen LogP contribution is -2.37. The van der Waals surface area contributed by atoms with Crippen LogP contribution in [0.15, 0.2) is 0 Å². The molecule has 0 aromatic heterocycles. The van der Waals surface area contributed by atoms with E-state index in [1.165, 1.54) is 44.9 Å². The normalized spacial score (nSPS) is 22.8. The van der Waals surface area contributed by atoms with Crippen LogP contribution in [0.2, 0.25) is 0 Å². The maximum absolute atomic E-state index is 12.0. The van der Waals surface area contributed by atoms with Gasteiger partial charge in [0.25, 0.3) is 0 Å². The second-order valence-corrected chi connectivity index (χ2v) is 11.6. The Hall–Kier alpha value is -0.650. The summed E-state index contributed by atoms with van der Waals surface area (Å²) in [6.45, 7) is 8.64. The standard InChI is InChI=1S/C31H58O5/c1-4-6-8-9-12-15-23-34-30(33)18-14-11-10-13-17-28-27(21-22-31(28)35-24-25-36-31)19-20-29(32)26(3)16-7-5-2/h26-29,32H,4-25H2,1-3H3/t26-,27-,28+,29-/m0/s1. The molecule has 0 radical (unpaired) electrons. The molecule has 2 fully saturated rings. The van der Waals surface area contributed by atoms with Crippen LogP contribution < -0.4 is 0 Å². The van der Waals surface area contributed by atoms with Gasteiger partial charge in [0, 0.05) is 18.8 Å². The Morgan fingerprint density at radius 2 is 1.56 bits per heavy atom. The van der Waals surface area contributed by atoms with Crippen molar-refractivity contribution in [1.82, 2.24) is 0 Å². The van der Waals surface area contributed by atoms with Gasteiger partial charge < -0.3 is 19.3 Å². The Morgan fingerprint density at radius 3 is 2.31 bits per heavy atom. The summed E-state index contributed by atoms with van der Waals surface area (Å²) in [6.07, 6.45) is 20.7. The fraction of sp³-hybridized carbons (Fsp3) is 0.968. The van der Waals surface area contributed by atoms with Crippen LogP contribution >= 0.6 is 0 Å². The van der Waals surface area contributed by atoms with Crippen molar-refractivity contribution in [2.75, 3.05) is 19.8 Å². The first-order chi connectivity index (χ1) is 17.5. The lowest BCUT2D eigenvalue weighted by atomic mass is 9.83. The fourth-order valence-corrected chi connectivity index (χ4v) is 6.28. The summed E-state index contributed by atoms with van der Waals surface area (Å²) in [6, 6.07) is 0. The summed E-state index contributed by atoms with van der Waals surface area (Å²) in [7, 11) is 0. The topological polar surface area (TPSA) is 65.0 Å². The molecular formula is C31H58O5. The van der Waals surface area contributed by atoms with Crippen molar-refractivity contribution >= 4 is 5.97 Å². The molecule has 5 heteroatoms. The fourth-order valence-electron chi connectivity index (χ4n) is 6.28. The predicted octanol–water partition coefficient (Wildman–Crippen LogP) is 7.97. The van der Waals surface area contributed by atoms with Crippen molar-refractivity contribution in [3.05, 3.63) is 0 Å². The smallest absolute Gasteiger partial charge is 0.305 e. The molecule has 2 aliphatic rings. The van der Waals surface area contributed by atoms with Gasteiger partial charge in [-0.25, -0.2) is 0 Å². The van der Waals surface area contributed by atoms with Crippen molar-refractivity contribution in [3.63, 3.8) is 0 Å². The van der Waals surface area contributed by atoms with Crippen LogP contribution in [0, 0.1) is 17.8 Å². The Bertz CT molecular complexity index is 559. The van der Waals surface area contributed by atoms with Crippen LogP contribution in [0.3, 0.4) is 0 Å². The second kappa shape index (κ2) is 18.6. The van der Waals surface area contributed by atoms with Gasteiger partial charge in [-0.2, -0.15) is 0 Å². The van der Waals surface area contributed by atoms with Crippen LogP contribution in [0.4, 0.5) is 0 Å². The maximum Gasteiger partial charge on any atom is 0.305 e. The quantitative estimate of drug-likeness (QED) is 0.125. The zero-order valence-electron chi connectivity index (χ0n) is 23.9. The van der Waals surface area contributed by atoms with E-state index in [9.17, 15) is 9.90 Å². The summed E-state index contributed by atoms with van der Waals surface area (Å²) in [5.74, 6) is 0.991. The highest BCUT2D eigenvalue weighted by molar-refractivity contribution is 5.69. The van der Waals surface area contributed by atoms with E-state index in [0.29, 0.717) is 44.0 Å². The van der Waals surface area contributed by atoms with Crippen molar-refractivity contribution in [1.29, 1.82) is 0 Å². The van der Waals surface area contributed by atoms with Gasteiger partial charge in [-0.15, -0.1) is 0 Å². The van der Waals surface area contributed by atoms with E-state index in [2.05, 4.69) is 20.8 Å². The first kappa shape index (κ1) is 31.6. The van der Waals surface area contributed by atoms with E-state index in [-0.39, 0.29) is 17.9 Å². The monoisotopic (exact) mass is 510 g/mol. The summed E-state index contributed by atoms with van der Waals surface area (Å²) < 4.78 is 17.8. The number of hydrogen-bond acceptors (Lipinski definition) is 5. The number of unbranched alkanes of at least 4 members (excludes halogenated alkanes) is 9. The largest absolute Gasteiger partial charge is 0.466 e. The highest BCUT2D eigenvalue weighted by Crippen LogP contribution is 2.50. The van der Waals surface area contributed by atoms with Gasteiger partial charge in [-0.1, -0.05) is 85.0 Å². The number of carbonyl (C=O) groups is 1. The van der Waals surface area contributed by atoms with Crippen molar-refractivity contribution in [2.24, 2.45) is 17.8 Å². The molecule has 212 valence electrons. The van der Waals surface area contributed by atoms with Crippen LogP contribution in [-0.2, 0) is 19.0 Å². The number of rotatable bonds is 21. The third-order valence-electron chi connectivity index (χ3n) is 8.68. The molecule has 0 aromatic carbocycles. The van der Waals surface area contributed by atoms with Crippen LogP contribution in [0.1, 0.15) is 143 Å². The van der Waals surface area contributed by atoms with E-state index in [0.717, 1.165) is 70.6 Å². The number of esters is 1.